The number of aliphatic carboxylic acids is 1. The fourth-order valence-corrected chi connectivity index (χ4v) is 3.85. The number of halogens is 6. The van der Waals surface area contributed by atoms with Crippen molar-refractivity contribution in [3.63, 3.8) is 0 Å². The van der Waals surface area contributed by atoms with Crippen molar-refractivity contribution in [1.29, 1.82) is 0 Å². The fraction of sp³-hybridized carbons (Fsp3) is 0.417. The van der Waals surface area contributed by atoms with Gasteiger partial charge in [-0.05, 0) is 67.1 Å². The van der Waals surface area contributed by atoms with Crippen molar-refractivity contribution in [2.75, 3.05) is 11.9 Å². The molecule has 3 rings (SSSR count). The fourth-order valence-electron chi connectivity index (χ4n) is 3.85. The third-order valence-electron chi connectivity index (χ3n) is 5.93. The van der Waals surface area contributed by atoms with E-state index in [-0.39, 0.29) is 11.3 Å². The molecule has 0 spiro atoms. The molecule has 2 aromatic carbocycles. The van der Waals surface area contributed by atoms with Gasteiger partial charge in [-0.1, -0.05) is 13.0 Å². The number of rotatable bonds is 7. The zero-order valence-corrected chi connectivity index (χ0v) is 19.0. The molecule has 0 saturated heterocycles. The number of ether oxygens (including phenoxy) is 1. The van der Waals surface area contributed by atoms with Crippen molar-refractivity contribution < 1.29 is 45.8 Å². The topological polar surface area (TPSA) is 75.6 Å². The lowest BCUT2D eigenvalue weighted by atomic mass is 10.00. The average Bonchev–Trinajstić information content (AvgIpc) is 3.51. The van der Waals surface area contributed by atoms with Gasteiger partial charge < -0.3 is 15.2 Å². The Balaban J connectivity index is 1.85. The molecule has 2 N–H and O–H groups in total. The number of carbonyl (C=O) groups excluding carboxylic acids is 1. The maximum Gasteiger partial charge on any atom is 0.418 e. The predicted molar refractivity (Wildman–Crippen MR) is 115 cm³/mol. The molecule has 0 aromatic heterocycles. The molecule has 1 unspecified atom stereocenters. The standard InChI is InChI=1S/C24H23F6NO4/c1-11-6-15(35-10-13(3)23(25,26)27)7-12(2)20(11)21(32)31-19-8-14(16-9-17(16)22(33)34)4-5-18(19)24(28,29)30/h4-8,13,16-17H,9-10H2,1-3H3,(H,31,32)(H,33,34)/t13?,16-,17-/m1/s1. The number of anilines is 1. The maximum atomic E-state index is 13.6. The van der Waals surface area contributed by atoms with Crippen LogP contribution in [0.15, 0.2) is 30.3 Å². The van der Waals surface area contributed by atoms with Gasteiger partial charge in [-0.15, -0.1) is 0 Å². The Morgan fingerprint density at radius 3 is 2.17 bits per heavy atom. The second-order valence-corrected chi connectivity index (χ2v) is 8.73. The van der Waals surface area contributed by atoms with Crippen molar-refractivity contribution in [2.45, 2.75) is 45.5 Å². The van der Waals surface area contributed by atoms with E-state index in [9.17, 15) is 35.9 Å². The molecule has 1 saturated carbocycles. The number of benzene rings is 2. The maximum absolute atomic E-state index is 13.6. The van der Waals surface area contributed by atoms with E-state index >= 15 is 0 Å². The Morgan fingerprint density at radius 2 is 1.69 bits per heavy atom. The Morgan fingerprint density at radius 1 is 1.09 bits per heavy atom. The first-order valence-electron chi connectivity index (χ1n) is 10.7. The predicted octanol–water partition coefficient (Wildman–Crippen LogP) is 6.34. The van der Waals surface area contributed by atoms with Crippen LogP contribution in [-0.2, 0) is 11.0 Å². The molecule has 1 aliphatic carbocycles. The molecular weight excluding hydrogens is 480 g/mol. The number of carboxylic acids is 1. The number of aryl methyl sites for hydroxylation is 2. The third kappa shape index (κ3) is 6.07. The Hall–Kier alpha value is -3.24. The molecule has 0 radical (unpaired) electrons. The molecule has 2 aromatic rings. The van der Waals surface area contributed by atoms with E-state index in [1.807, 2.05) is 0 Å². The number of carboxylic acid groups (broad SMARTS) is 1. The third-order valence-corrected chi connectivity index (χ3v) is 5.93. The highest BCUT2D eigenvalue weighted by Crippen LogP contribution is 2.49. The number of amides is 1. The highest BCUT2D eigenvalue weighted by Gasteiger charge is 2.45. The summed E-state index contributed by atoms with van der Waals surface area (Å²) in [5, 5.41) is 11.4. The van der Waals surface area contributed by atoms with Crippen LogP contribution < -0.4 is 10.1 Å². The van der Waals surface area contributed by atoms with Gasteiger partial charge in [0.1, 0.15) is 5.75 Å². The monoisotopic (exact) mass is 503 g/mol. The van der Waals surface area contributed by atoms with Crippen LogP contribution in [0.1, 0.15) is 51.9 Å². The van der Waals surface area contributed by atoms with Gasteiger partial charge in [0.25, 0.3) is 5.91 Å². The van der Waals surface area contributed by atoms with Gasteiger partial charge in [-0.25, -0.2) is 0 Å². The SMILES string of the molecule is Cc1cc(OCC(C)C(F)(F)F)cc(C)c1C(=O)Nc1cc([C@H]2C[C@H]2C(=O)O)ccc1C(F)(F)F. The molecule has 35 heavy (non-hydrogen) atoms. The van der Waals surface area contributed by atoms with Gasteiger partial charge >= 0.3 is 18.3 Å². The first-order chi connectivity index (χ1) is 16.1. The zero-order chi connectivity index (χ0) is 26.3. The minimum atomic E-state index is -4.77. The smallest absolute Gasteiger partial charge is 0.418 e. The molecular formula is C24H23F6NO4. The van der Waals surface area contributed by atoms with Crippen LogP contribution in [0, 0.1) is 25.7 Å². The van der Waals surface area contributed by atoms with E-state index in [1.54, 1.807) is 0 Å². The van der Waals surface area contributed by atoms with E-state index in [4.69, 9.17) is 9.84 Å². The summed E-state index contributed by atoms with van der Waals surface area (Å²) in [6.45, 7) is 3.32. The first kappa shape index (κ1) is 26.4. The van der Waals surface area contributed by atoms with Gasteiger partial charge in [0.15, 0.2) is 0 Å². The summed E-state index contributed by atoms with van der Waals surface area (Å²) in [6, 6.07) is 5.83. The quantitative estimate of drug-likeness (QED) is 0.433. The van der Waals surface area contributed by atoms with Crippen LogP contribution in [0.25, 0.3) is 0 Å². The number of hydrogen-bond acceptors (Lipinski definition) is 3. The second kappa shape index (κ2) is 9.43. The summed E-state index contributed by atoms with van der Waals surface area (Å²) in [5.41, 5.74) is -0.566. The summed E-state index contributed by atoms with van der Waals surface area (Å²) >= 11 is 0. The summed E-state index contributed by atoms with van der Waals surface area (Å²) in [7, 11) is 0. The number of carbonyl (C=O) groups is 2. The van der Waals surface area contributed by atoms with E-state index in [1.165, 1.54) is 32.0 Å². The molecule has 190 valence electrons. The Bertz CT molecular complexity index is 1120. The minimum absolute atomic E-state index is 0.0505. The van der Waals surface area contributed by atoms with Gasteiger partial charge in [-0.2, -0.15) is 26.3 Å². The molecule has 11 heteroatoms. The molecule has 1 amide bonds. The van der Waals surface area contributed by atoms with Gasteiger partial charge in [0.05, 0.1) is 29.7 Å². The molecule has 1 aliphatic rings. The summed E-state index contributed by atoms with van der Waals surface area (Å²) in [5.74, 6) is -4.63. The minimum Gasteiger partial charge on any atom is -0.493 e. The molecule has 0 aliphatic heterocycles. The molecule has 0 heterocycles. The van der Waals surface area contributed by atoms with E-state index in [0.29, 0.717) is 23.1 Å². The number of nitrogens with one attached hydrogen (secondary N) is 1. The van der Waals surface area contributed by atoms with Crippen LogP contribution in [-0.4, -0.2) is 29.8 Å². The van der Waals surface area contributed by atoms with E-state index in [2.05, 4.69) is 5.32 Å². The Kier molecular flexibility index (Phi) is 7.10. The van der Waals surface area contributed by atoms with Crippen LogP contribution in [0.2, 0.25) is 0 Å². The number of hydrogen-bond donors (Lipinski definition) is 2. The van der Waals surface area contributed by atoms with Crippen molar-refractivity contribution >= 4 is 17.6 Å². The van der Waals surface area contributed by atoms with Gasteiger partial charge in [0.2, 0.25) is 0 Å². The number of alkyl halides is 6. The summed E-state index contributed by atoms with van der Waals surface area (Å²) in [6.07, 6.45) is -8.91. The van der Waals surface area contributed by atoms with Crippen LogP contribution in [0.5, 0.6) is 5.75 Å². The second-order valence-electron chi connectivity index (χ2n) is 8.73. The lowest BCUT2D eigenvalue weighted by Gasteiger charge is -2.19. The lowest BCUT2D eigenvalue weighted by molar-refractivity contribution is -0.176. The van der Waals surface area contributed by atoms with Crippen LogP contribution >= 0.6 is 0 Å². The van der Waals surface area contributed by atoms with Crippen molar-refractivity contribution in [2.24, 2.45) is 11.8 Å². The van der Waals surface area contributed by atoms with E-state index < -0.39 is 59.8 Å². The highest BCUT2D eigenvalue weighted by atomic mass is 19.4. The summed E-state index contributed by atoms with van der Waals surface area (Å²) < 4.78 is 84.0. The van der Waals surface area contributed by atoms with Crippen molar-refractivity contribution in [3.8, 4) is 5.75 Å². The van der Waals surface area contributed by atoms with Crippen LogP contribution in [0.3, 0.4) is 0 Å². The largest absolute Gasteiger partial charge is 0.493 e. The normalized spacial score (nSPS) is 18.7. The average molecular weight is 503 g/mol. The van der Waals surface area contributed by atoms with Crippen molar-refractivity contribution in [3.05, 3.63) is 58.1 Å². The zero-order valence-electron chi connectivity index (χ0n) is 19.0. The van der Waals surface area contributed by atoms with Crippen molar-refractivity contribution in [1.82, 2.24) is 0 Å². The molecule has 1 fully saturated rings. The first-order valence-corrected chi connectivity index (χ1v) is 10.7. The molecule has 3 atom stereocenters. The van der Waals surface area contributed by atoms with E-state index in [0.717, 1.165) is 19.1 Å². The summed E-state index contributed by atoms with van der Waals surface area (Å²) in [4.78, 5) is 24.1. The highest BCUT2D eigenvalue weighted by molar-refractivity contribution is 6.07. The van der Waals surface area contributed by atoms with Gasteiger partial charge in [0, 0.05) is 5.56 Å². The van der Waals surface area contributed by atoms with Gasteiger partial charge in [-0.3, -0.25) is 9.59 Å². The lowest BCUT2D eigenvalue weighted by Crippen LogP contribution is -2.26. The molecule has 0 bridgehead atoms. The Labute approximate surface area is 197 Å². The molecule has 5 nitrogen and oxygen atoms in total. The van der Waals surface area contributed by atoms with Crippen LogP contribution in [0.4, 0.5) is 32.0 Å².